The molecule has 0 atom stereocenters. The first-order chi connectivity index (χ1) is 10.0. The van der Waals surface area contributed by atoms with Gasteiger partial charge in [0.15, 0.2) is 0 Å². The summed E-state index contributed by atoms with van der Waals surface area (Å²) in [7, 11) is 3.29. The van der Waals surface area contributed by atoms with Crippen molar-refractivity contribution >= 4 is 29.1 Å². The van der Waals surface area contributed by atoms with Gasteiger partial charge in [-0.25, -0.2) is 4.98 Å². The van der Waals surface area contributed by atoms with E-state index in [-0.39, 0.29) is 16.1 Å². The van der Waals surface area contributed by atoms with E-state index in [0.717, 1.165) is 11.3 Å². The third-order valence-electron chi connectivity index (χ3n) is 3.00. The largest absolute Gasteiger partial charge is 0.496 e. The molecule has 0 bridgehead atoms. The Labute approximate surface area is 133 Å². The lowest BCUT2D eigenvalue weighted by Crippen LogP contribution is -2.26. The lowest BCUT2D eigenvalue weighted by Gasteiger charge is -2.19. The number of nitrogens with zero attached hydrogens (tertiary/aromatic N) is 2. The number of hydrogen-bond donors (Lipinski definition) is 0. The number of halogens is 2. The molecule has 1 aromatic heterocycles. The van der Waals surface area contributed by atoms with Crippen LogP contribution in [0, 0.1) is 0 Å². The first kappa shape index (κ1) is 15.6. The molecular weight excluding hydrogens is 311 g/mol. The van der Waals surface area contributed by atoms with Gasteiger partial charge in [0.1, 0.15) is 10.9 Å². The molecule has 0 aliphatic heterocycles. The average Bonchev–Trinajstić information content (AvgIpc) is 2.49. The van der Waals surface area contributed by atoms with Gasteiger partial charge in [0.2, 0.25) is 0 Å². The van der Waals surface area contributed by atoms with E-state index >= 15 is 0 Å². The molecule has 21 heavy (non-hydrogen) atoms. The summed E-state index contributed by atoms with van der Waals surface area (Å²) in [5, 5.41) is 0.504. The van der Waals surface area contributed by atoms with Gasteiger partial charge in [0.05, 0.1) is 17.7 Å². The third-order valence-corrected chi connectivity index (χ3v) is 3.51. The number of aromatic nitrogens is 1. The summed E-state index contributed by atoms with van der Waals surface area (Å²) >= 11 is 11.8. The Kier molecular flexibility index (Phi) is 5.04. The summed E-state index contributed by atoms with van der Waals surface area (Å²) in [6.07, 6.45) is 1.37. The van der Waals surface area contributed by atoms with E-state index in [0.29, 0.717) is 12.1 Å². The van der Waals surface area contributed by atoms with E-state index in [1.807, 2.05) is 24.3 Å². The highest BCUT2D eigenvalue weighted by Gasteiger charge is 2.17. The van der Waals surface area contributed by atoms with Crippen LogP contribution in [0.3, 0.4) is 0 Å². The van der Waals surface area contributed by atoms with Crippen molar-refractivity contribution in [2.75, 3.05) is 14.2 Å². The molecule has 6 heteroatoms. The number of ether oxygens (including phenoxy) is 1. The van der Waals surface area contributed by atoms with Gasteiger partial charge >= 0.3 is 0 Å². The average molecular weight is 325 g/mol. The monoisotopic (exact) mass is 324 g/mol. The van der Waals surface area contributed by atoms with Crippen molar-refractivity contribution in [3.63, 3.8) is 0 Å². The molecule has 0 radical (unpaired) electrons. The molecule has 1 amide bonds. The first-order valence-corrected chi connectivity index (χ1v) is 6.97. The van der Waals surface area contributed by atoms with Gasteiger partial charge in [-0.05, 0) is 12.1 Å². The highest BCUT2D eigenvalue weighted by atomic mass is 35.5. The number of amides is 1. The zero-order valence-corrected chi connectivity index (χ0v) is 13.1. The maximum absolute atomic E-state index is 12.4. The van der Waals surface area contributed by atoms with E-state index in [1.165, 1.54) is 12.3 Å². The van der Waals surface area contributed by atoms with Crippen LogP contribution >= 0.6 is 23.2 Å². The van der Waals surface area contributed by atoms with Gasteiger partial charge in [-0.3, -0.25) is 4.79 Å². The van der Waals surface area contributed by atoms with Crippen LogP contribution in [0.1, 0.15) is 15.9 Å². The summed E-state index contributed by atoms with van der Waals surface area (Å²) in [5.41, 5.74) is 1.24. The lowest BCUT2D eigenvalue weighted by molar-refractivity contribution is 0.0784. The standard InChI is InChI=1S/C15H14Cl2N2O2/c1-19(9-10-5-3-4-6-13(10)21-2)15(20)11-7-14(17)18-8-12(11)16/h3-8H,9H2,1-2H3. The van der Waals surface area contributed by atoms with E-state index in [9.17, 15) is 4.79 Å². The molecule has 0 aliphatic rings. The van der Waals surface area contributed by atoms with Crippen LogP contribution in [-0.4, -0.2) is 29.9 Å². The van der Waals surface area contributed by atoms with Crippen molar-refractivity contribution in [3.05, 3.63) is 57.8 Å². The number of rotatable bonds is 4. The fraction of sp³-hybridized carbons (Fsp3) is 0.200. The number of para-hydroxylation sites is 1. The van der Waals surface area contributed by atoms with Crippen LogP contribution in [0.25, 0.3) is 0 Å². The minimum absolute atomic E-state index is 0.227. The van der Waals surface area contributed by atoms with Gasteiger partial charge in [0.25, 0.3) is 5.91 Å². The topological polar surface area (TPSA) is 42.4 Å². The summed E-state index contributed by atoms with van der Waals surface area (Å²) in [6, 6.07) is 8.99. The molecule has 1 aromatic carbocycles. The second-order valence-electron chi connectivity index (χ2n) is 4.46. The van der Waals surface area contributed by atoms with Crippen molar-refractivity contribution in [3.8, 4) is 5.75 Å². The highest BCUT2D eigenvalue weighted by molar-refractivity contribution is 6.35. The number of pyridine rings is 1. The molecule has 0 unspecified atom stereocenters. The molecule has 0 spiro atoms. The Morgan fingerprint density at radius 1 is 1.33 bits per heavy atom. The Morgan fingerprint density at radius 3 is 2.76 bits per heavy atom. The SMILES string of the molecule is COc1ccccc1CN(C)C(=O)c1cc(Cl)ncc1Cl. The molecule has 0 saturated carbocycles. The molecule has 2 rings (SSSR count). The summed E-state index contributed by atoms with van der Waals surface area (Å²) in [6.45, 7) is 0.402. The predicted octanol–water partition coefficient (Wildman–Crippen LogP) is 3.67. The molecular formula is C15H14Cl2N2O2. The number of carbonyl (C=O) groups excluding carboxylic acids is 1. The maximum Gasteiger partial charge on any atom is 0.255 e. The van der Waals surface area contributed by atoms with Crippen molar-refractivity contribution in [2.24, 2.45) is 0 Å². The fourth-order valence-corrected chi connectivity index (χ4v) is 2.29. The van der Waals surface area contributed by atoms with E-state index in [1.54, 1.807) is 19.1 Å². The van der Waals surface area contributed by atoms with Crippen LogP contribution in [0.4, 0.5) is 0 Å². The van der Waals surface area contributed by atoms with Crippen molar-refractivity contribution in [1.29, 1.82) is 0 Å². The second-order valence-corrected chi connectivity index (χ2v) is 5.25. The van der Waals surface area contributed by atoms with E-state index < -0.39 is 0 Å². The smallest absolute Gasteiger partial charge is 0.255 e. The molecule has 0 N–H and O–H groups in total. The minimum Gasteiger partial charge on any atom is -0.496 e. The number of benzene rings is 1. The van der Waals surface area contributed by atoms with Crippen molar-refractivity contribution in [1.82, 2.24) is 9.88 Å². The van der Waals surface area contributed by atoms with Crippen LogP contribution in [0.2, 0.25) is 10.2 Å². The molecule has 0 aliphatic carbocycles. The Bertz CT molecular complexity index is 662. The van der Waals surface area contributed by atoms with Gasteiger partial charge in [-0.15, -0.1) is 0 Å². The normalized spacial score (nSPS) is 10.3. The number of hydrogen-bond acceptors (Lipinski definition) is 3. The van der Waals surface area contributed by atoms with Crippen LogP contribution in [0.15, 0.2) is 36.5 Å². The van der Waals surface area contributed by atoms with Gasteiger partial charge in [-0.2, -0.15) is 0 Å². The summed E-state index contributed by atoms with van der Waals surface area (Å²) < 4.78 is 5.28. The van der Waals surface area contributed by atoms with Crippen LogP contribution < -0.4 is 4.74 Å². The lowest BCUT2D eigenvalue weighted by atomic mass is 10.1. The van der Waals surface area contributed by atoms with Gasteiger partial charge in [-0.1, -0.05) is 41.4 Å². The molecule has 2 aromatic rings. The quantitative estimate of drug-likeness (QED) is 0.806. The second kappa shape index (κ2) is 6.78. The third kappa shape index (κ3) is 3.65. The number of carbonyl (C=O) groups is 1. The van der Waals surface area contributed by atoms with E-state index in [4.69, 9.17) is 27.9 Å². The van der Waals surface area contributed by atoms with E-state index in [2.05, 4.69) is 4.98 Å². The van der Waals surface area contributed by atoms with Gasteiger partial charge < -0.3 is 9.64 Å². The first-order valence-electron chi connectivity index (χ1n) is 6.21. The summed E-state index contributed by atoms with van der Waals surface area (Å²) in [4.78, 5) is 17.8. The van der Waals surface area contributed by atoms with Crippen molar-refractivity contribution < 1.29 is 9.53 Å². The molecule has 0 saturated heterocycles. The van der Waals surface area contributed by atoms with Crippen molar-refractivity contribution in [2.45, 2.75) is 6.54 Å². The highest BCUT2D eigenvalue weighted by Crippen LogP contribution is 2.22. The minimum atomic E-state index is -0.227. The van der Waals surface area contributed by atoms with Crippen LogP contribution in [-0.2, 0) is 6.54 Å². The van der Waals surface area contributed by atoms with Crippen LogP contribution in [0.5, 0.6) is 5.75 Å². The Morgan fingerprint density at radius 2 is 2.05 bits per heavy atom. The van der Waals surface area contributed by atoms with Gasteiger partial charge in [0, 0.05) is 25.4 Å². The molecule has 4 nitrogen and oxygen atoms in total. The zero-order chi connectivity index (χ0) is 15.4. The summed E-state index contributed by atoms with van der Waals surface area (Å²) in [5.74, 6) is 0.506. The Balaban J connectivity index is 2.22. The maximum atomic E-state index is 12.4. The number of methoxy groups -OCH3 is 1. The fourth-order valence-electron chi connectivity index (χ4n) is 1.94. The Hall–Kier alpha value is -1.78. The molecule has 0 fully saturated rings. The molecule has 1 heterocycles. The zero-order valence-electron chi connectivity index (χ0n) is 11.6. The molecule has 110 valence electrons. The predicted molar refractivity (Wildman–Crippen MR) is 83.0 cm³/mol.